The number of carboxylic acids is 1. The number of alkyl halides is 1. The van der Waals surface area contributed by atoms with Crippen LogP contribution in [0.3, 0.4) is 0 Å². The number of piperidine rings is 1. The fourth-order valence-corrected chi connectivity index (χ4v) is 5.60. The maximum absolute atomic E-state index is 15.3. The minimum Gasteiger partial charge on any atom is -0.497 e. The van der Waals surface area contributed by atoms with Crippen molar-refractivity contribution in [2.45, 2.75) is 38.3 Å². The van der Waals surface area contributed by atoms with E-state index in [4.69, 9.17) is 4.74 Å². The molecule has 0 saturated carbocycles. The quantitative estimate of drug-likeness (QED) is 0.409. The first kappa shape index (κ1) is 23.6. The highest BCUT2D eigenvalue weighted by Gasteiger charge is 2.34. The number of carbonyl (C=O) groups is 1. The van der Waals surface area contributed by atoms with E-state index in [1.165, 1.54) is 5.56 Å². The fourth-order valence-electron chi connectivity index (χ4n) is 4.90. The molecule has 0 aliphatic carbocycles. The first-order valence-electron chi connectivity index (χ1n) is 11.6. The SMILES string of the molecule is COc1ccc2nccc([C@@H](F)CC[C@@H]3CCN(CCCc4ccsc4)C[C@@H]3C(=O)O)c2c1. The van der Waals surface area contributed by atoms with Crippen LogP contribution in [0.1, 0.15) is 43.0 Å². The van der Waals surface area contributed by atoms with E-state index in [9.17, 15) is 9.90 Å². The number of hydrogen-bond acceptors (Lipinski definition) is 5. The van der Waals surface area contributed by atoms with Crippen LogP contribution in [0.25, 0.3) is 10.9 Å². The van der Waals surface area contributed by atoms with Crippen LogP contribution in [-0.2, 0) is 11.2 Å². The molecule has 33 heavy (non-hydrogen) atoms. The van der Waals surface area contributed by atoms with Gasteiger partial charge in [-0.15, -0.1) is 0 Å². The predicted octanol–water partition coefficient (Wildman–Crippen LogP) is 5.75. The molecule has 0 radical (unpaired) electrons. The van der Waals surface area contributed by atoms with Gasteiger partial charge in [-0.05, 0) is 103 Å². The van der Waals surface area contributed by atoms with Crippen LogP contribution >= 0.6 is 11.3 Å². The molecule has 0 spiro atoms. The summed E-state index contributed by atoms with van der Waals surface area (Å²) in [5.41, 5.74) is 2.67. The minimum absolute atomic E-state index is 0.00323. The molecule has 176 valence electrons. The molecule has 1 N–H and O–H groups in total. The lowest BCUT2D eigenvalue weighted by Crippen LogP contribution is -2.44. The van der Waals surface area contributed by atoms with Crippen LogP contribution in [0.15, 0.2) is 47.3 Å². The molecule has 2 aromatic heterocycles. The standard InChI is InChI=1S/C26H31FN2O3S/c1-32-20-5-7-25-22(15-20)21(8-11-28-25)24(27)6-4-19-9-13-29(16-23(19)26(30)31)12-2-3-18-10-14-33-17-18/h5,7-8,10-11,14-15,17,19,23-24H,2-4,6,9,12-13,16H2,1H3,(H,30,31)/t19-,23+,24+/m1/s1. The summed E-state index contributed by atoms with van der Waals surface area (Å²) >= 11 is 1.71. The van der Waals surface area contributed by atoms with Crippen molar-refractivity contribution in [1.82, 2.24) is 9.88 Å². The summed E-state index contributed by atoms with van der Waals surface area (Å²) in [5, 5.41) is 14.8. The van der Waals surface area contributed by atoms with Crippen LogP contribution in [0, 0.1) is 11.8 Å². The van der Waals surface area contributed by atoms with E-state index in [-0.39, 0.29) is 5.92 Å². The van der Waals surface area contributed by atoms with Crippen molar-refractivity contribution in [2.24, 2.45) is 11.8 Å². The first-order valence-corrected chi connectivity index (χ1v) is 12.5. The number of aliphatic carboxylic acids is 1. The Morgan fingerprint density at radius 1 is 1.36 bits per heavy atom. The fraction of sp³-hybridized carbons (Fsp3) is 0.462. The number of aromatic nitrogens is 1. The molecule has 1 saturated heterocycles. The molecule has 5 nitrogen and oxygen atoms in total. The Labute approximate surface area is 198 Å². The van der Waals surface area contributed by atoms with E-state index in [1.54, 1.807) is 30.7 Å². The number of likely N-dealkylation sites (tertiary alicyclic amines) is 1. The zero-order valence-electron chi connectivity index (χ0n) is 19.0. The molecule has 3 atom stereocenters. The Morgan fingerprint density at radius 3 is 3.00 bits per heavy atom. The van der Waals surface area contributed by atoms with Crippen molar-refractivity contribution in [3.05, 3.63) is 58.4 Å². The summed E-state index contributed by atoms with van der Waals surface area (Å²) in [6.07, 6.45) is 4.19. The predicted molar refractivity (Wildman–Crippen MR) is 130 cm³/mol. The summed E-state index contributed by atoms with van der Waals surface area (Å²) in [6.45, 7) is 2.34. The van der Waals surface area contributed by atoms with Crippen molar-refractivity contribution in [3.8, 4) is 5.75 Å². The van der Waals surface area contributed by atoms with Crippen LogP contribution in [0.2, 0.25) is 0 Å². The third-order valence-electron chi connectivity index (χ3n) is 6.79. The molecule has 1 fully saturated rings. The van der Waals surface area contributed by atoms with E-state index in [1.807, 2.05) is 18.2 Å². The highest BCUT2D eigenvalue weighted by Crippen LogP contribution is 2.35. The van der Waals surface area contributed by atoms with Gasteiger partial charge in [-0.3, -0.25) is 9.78 Å². The number of rotatable bonds is 10. The number of thiophene rings is 1. The smallest absolute Gasteiger partial charge is 0.308 e. The van der Waals surface area contributed by atoms with E-state index in [0.29, 0.717) is 30.7 Å². The molecule has 1 aliphatic heterocycles. The summed E-state index contributed by atoms with van der Waals surface area (Å²) in [4.78, 5) is 18.6. The maximum Gasteiger partial charge on any atom is 0.308 e. The van der Waals surface area contributed by atoms with Crippen LogP contribution in [0.4, 0.5) is 4.39 Å². The van der Waals surface area contributed by atoms with Gasteiger partial charge in [0.05, 0.1) is 18.5 Å². The summed E-state index contributed by atoms with van der Waals surface area (Å²) < 4.78 is 20.6. The highest BCUT2D eigenvalue weighted by molar-refractivity contribution is 7.07. The van der Waals surface area contributed by atoms with Gasteiger partial charge >= 0.3 is 5.97 Å². The number of hydrogen-bond donors (Lipinski definition) is 1. The van der Waals surface area contributed by atoms with Crippen molar-refractivity contribution in [1.29, 1.82) is 0 Å². The van der Waals surface area contributed by atoms with E-state index in [2.05, 4.69) is 26.7 Å². The molecule has 1 aromatic carbocycles. The minimum atomic E-state index is -1.17. The number of carboxylic acid groups (broad SMARTS) is 1. The van der Waals surface area contributed by atoms with E-state index < -0.39 is 18.1 Å². The van der Waals surface area contributed by atoms with Crippen molar-refractivity contribution in [2.75, 3.05) is 26.7 Å². The topological polar surface area (TPSA) is 62.7 Å². The molecule has 0 bridgehead atoms. The summed E-state index contributed by atoms with van der Waals surface area (Å²) in [7, 11) is 1.59. The number of methoxy groups -OCH3 is 1. The van der Waals surface area contributed by atoms with Gasteiger partial charge in [-0.2, -0.15) is 11.3 Å². The summed E-state index contributed by atoms with van der Waals surface area (Å²) in [5.74, 6) is -0.545. The van der Waals surface area contributed by atoms with Crippen molar-refractivity contribution in [3.63, 3.8) is 0 Å². The molecule has 1 aliphatic rings. The summed E-state index contributed by atoms with van der Waals surface area (Å²) in [6, 6.07) is 9.33. The van der Waals surface area contributed by atoms with Gasteiger partial charge in [0.1, 0.15) is 11.9 Å². The lowest BCUT2D eigenvalue weighted by molar-refractivity contribution is -0.146. The van der Waals surface area contributed by atoms with Crippen LogP contribution < -0.4 is 4.74 Å². The van der Waals surface area contributed by atoms with Gasteiger partial charge in [0, 0.05) is 18.1 Å². The molecule has 3 heterocycles. The molecular weight excluding hydrogens is 439 g/mol. The molecule has 0 amide bonds. The van der Waals surface area contributed by atoms with Gasteiger partial charge < -0.3 is 14.7 Å². The first-order chi connectivity index (χ1) is 16.0. The van der Waals surface area contributed by atoms with Crippen molar-refractivity contribution < 1.29 is 19.0 Å². The third kappa shape index (κ3) is 5.89. The average Bonchev–Trinajstić information content (AvgIpc) is 3.35. The largest absolute Gasteiger partial charge is 0.497 e. The lowest BCUT2D eigenvalue weighted by atomic mass is 9.81. The van der Waals surface area contributed by atoms with Gasteiger partial charge in [-0.25, -0.2) is 4.39 Å². The Morgan fingerprint density at radius 2 is 2.24 bits per heavy atom. The van der Waals surface area contributed by atoms with Crippen molar-refractivity contribution >= 4 is 28.2 Å². The monoisotopic (exact) mass is 470 g/mol. The third-order valence-corrected chi connectivity index (χ3v) is 7.52. The van der Waals surface area contributed by atoms with E-state index in [0.717, 1.165) is 43.3 Å². The number of benzene rings is 1. The second-order valence-electron chi connectivity index (χ2n) is 8.86. The van der Waals surface area contributed by atoms with Gasteiger partial charge in [0.25, 0.3) is 0 Å². The van der Waals surface area contributed by atoms with Gasteiger partial charge in [-0.1, -0.05) is 0 Å². The molecule has 7 heteroatoms. The number of pyridine rings is 1. The zero-order valence-corrected chi connectivity index (χ0v) is 19.8. The maximum atomic E-state index is 15.3. The molecule has 4 rings (SSSR count). The average molecular weight is 471 g/mol. The Bertz CT molecular complexity index is 1060. The van der Waals surface area contributed by atoms with Gasteiger partial charge in [0.15, 0.2) is 0 Å². The number of ether oxygens (including phenoxy) is 1. The number of nitrogens with zero attached hydrogens (tertiary/aromatic N) is 2. The zero-order chi connectivity index (χ0) is 23.2. The van der Waals surface area contributed by atoms with Gasteiger partial charge in [0.2, 0.25) is 0 Å². The number of fused-ring (bicyclic) bond motifs is 1. The Balaban J connectivity index is 1.34. The molecular formula is C26H31FN2O3S. The number of halogens is 1. The normalized spacial score (nSPS) is 20.1. The van der Waals surface area contributed by atoms with Crippen LogP contribution in [-0.4, -0.2) is 47.7 Å². The second-order valence-corrected chi connectivity index (χ2v) is 9.64. The number of aryl methyl sites for hydroxylation is 1. The lowest BCUT2D eigenvalue weighted by Gasteiger charge is -2.36. The Hall–Kier alpha value is -2.51. The Kier molecular flexibility index (Phi) is 7.93. The van der Waals surface area contributed by atoms with E-state index >= 15 is 4.39 Å². The second kappa shape index (κ2) is 11.1. The van der Waals surface area contributed by atoms with Crippen LogP contribution in [0.5, 0.6) is 5.75 Å². The molecule has 3 aromatic rings. The molecule has 0 unspecified atom stereocenters. The highest BCUT2D eigenvalue weighted by atomic mass is 32.1.